The van der Waals surface area contributed by atoms with Crippen LogP contribution in [0.4, 0.5) is 0 Å². The Kier molecular flexibility index (Phi) is 5.57. The van der Waals surface area contributed by atoms with E-state index in [0.29, 0.717) is 0 Å². The van der Waals surface area contributed by atoms with Crippen LogP contribution in [0.3, 0.4) is 0 Å². The smallest absolute Gasteiger partial charge is 0.0971 e. The van der Waals surface area contributed by atoms with Crippen molar-refractivity contribution in [1.29, 1.82) is 0 Å². The monoisotopic (exact) mass is 597 g/mol. The maximum atomic E-state index is 4.76. The van der Waals surface area contributed by atoms with Crippen LogP contribution in [0.2, 0.25) is 0 Å². The molecule has 47 heavy (non-hydrogen) atoms. The Labute approximate surface area is 271 Å². The first-order valence-electron chi connectivity index (χ1n) is 16.0. The average Bonchev–Trinajstić information content (AvgIpc) is 3.48. The molecule has 8 aromatic carbocycles. The molecule has 0 radical (unpaired) electrons. The van der Waals surface area contributed by atoms with Gasteiger partial charge in [-0.05, 0) is 68.7 Å². The van der Waals surface area contributed by atoms with Crippen molar-refractivity contribution in [3.05, 3.63) is 164 Å². The largest absolute Gasteiger partial charge is 0.309 e. The van der Waals surface area contributed by atoms with Gasteiger partial charge < -0.3 is 4.57 Å². The molecule has 0 saturated carbocycles. The SMILES string of the molecule is c1ccc(-c2ccc3c(c2)c2ccccc2n3-c2cccc3ccccc23)c(-c2ccc3c(c2)c2ccccc2c2nccnc32)c1. The summed E-state index contributed by atoms with van der Waals surface area (Å²) in [5, 5.41) is 9.61. The Morgan fingerprint density at radius 3 is 1.70 bits per heavy atom. The van der Waals surface area contributed by atoms with E-state index < -0.39 is 0 Å². The number of aromatic nitrogens is 3. The summed E-state index contributed by atoms with van der Waals surface area (Å²) in [5.74, 6) is 0. The van der Waals surface area contributed by atoms with E-state index in [9.17, 15) is 0 Å². The van der Waals surface area contributed by atoms with Crippen molar-refractivity contribution in [2.45, 2.75) is 0 Å². The number of rotatable bonds is 3. The highest BCUT2D eigenvalue weighted by Gasteiger charge is 2.17. The van der Waals surface area contributed by atoms with E-state index in [1.54, 1.807) is 12.4 Å². The number of fused-ring (bicyclic) bond motifs is 10. The molecule has 10 aromatic rings. The van der Waals surface area contributed by atoms with Gasteiger partial charge in [0.2, 0.25) is 0 Å². The van der Waals surface area contributed by atoms with Crippen molar-refractivity contribution >= 4 is 65.2 Å². The van der Waals surface area contributed by atoms with Crippen LogP contribution < -0.4 is 0 Å². The van der Waals surface area contributed by atoms with Gasteiger partial charge in [0.25, 0.3) is 0 Å². The van der Waals surface area contributed by atoms with Crippen LogP contribution in [0.1, 0.15) is 0 Å². The lowest BCUT2D eigenvalue weighted by atomic mass is 9.91. The first-order chi connectivity index (χ1) is 23.3. The zero-order valence-corrected chi connectivity index (χ0v) is 25.4. The fourth-order valence-electron chi connectivity index (χ4n) is 7.59. The van der Waals surface area contributed by atoms with Crippen LogP contribution in [0, 0.1) is 0 Å². The second kappa shape index (κ2) is 10.1. The predicted molar refractivity (Wildman–Crippen MR) is 197 cm³/mol. The molecule has 3 heteroatoms. The Bertz CT molecular complexity index is 2820. The normalized spacial score (nSPS) is 11.8. The molecule has 0 amide bonds. The van der Waals surface area contributed by atoms with E-state index in [2.05, 4.69) is 156 Å². The highest BCUT2D eigenvalue weighted by atomic mass is 15.0. The fourth-order valence-corrected chi connectivity index (χ4v) is 7.59. The van der Waals surface area contributed by atoms with Gasteiger partial charge in [-0.15, -0.1) is 0 Å². The molecule has 10 rings (SSSR count). The quantitative estimate of drug-likeness (QED) is 0.190. The van der Waals surface area contributed by atoms with E-state index in [0.717, 1.165) is 21.8 Å². The summed E-state index contributed by atoms with van der Waals surface area (Å²) in [5.41, 5.74) is 10.3. The van der Waals surface area contributed by atoms with Crippen molar-refractivity contribution in [2.24, 2.45) is 0 Å². The molecule has 0 aliphatic carbocycles. The van der Waals surface area contributed by atoms with Crippen LogP contribution in [0.25, 0.3) is 93.1 Å². The average molecular weight is 598 g/mol. The van der Waals surface area contributed by atoms with Gasteiger partial charge in [-0.1, -0.05) is 121 Å². The minimum absolute atomic E-state index is 0.939. The maximum Gasteiger partial charge on any atom is 0.0971 e. The molecule has 218 valence electrons. The number of nitrogens with zero attached hydrogens (tertiary/aromatic N) is 3. The Balaban J connectivity index is 1.19. The van der Waals surface area contributed by atoms with E-state index in [-0.39, 0.29) is 0 Å². The summed E-state index contributed by atoms with van der Waals surface area (Å²) in [6.45, 7) is 0. The van der Waals surface area contributed by atoms with Gasteiger partial charge in [-0.3, -0.25) is 9.97 Å². The summed E-state index contributed by atoms with van der Waals surface area (Å²) in [7, 11) is 0. The summed E-state index contributed by atoms with van der Waals surface area (Å²) in [6, 6.07) is 55.0. The summed E-state index contributed by atoms with van der Waals surface area (Å²) in [6.07, 6.45) is 3.56. The Hall–Kier alpha value is -6.32. The fraction of sp³-hybridized carbons (Fsp3) is 0. The first-order valence-corrected chi connectivity index (χ1v) is 16.0. The van der Waals surface area contributed by atoms with Gasteiger partial charge in [0, 0.05) is 39.3 Å². The molecule has 0 fully saturated rings. The van der Waals surface area contributed by atoms with E-state index >= 15 is 0 Å². The molecule has 0 aliphatic heterocycles. The Morgan fingerprint density at radius 1 is 0.362 bits per heavy atom. The zero-order chi connectivity index (χ0) is 30.9. The summed E-state index contributed by atoms with van der Waals surface area (Å²) < 4.78 is 2.42. The topological polar surface area (TPSA) is 30.7 Å². The van der Waals surface area contributed by atoms with Crippen LogP contribution >= 0.6 is 0 Å². The molecular weight excluding hydrogens is 571 g/mol. The second-order valence-corrected chi connectivity index (χ2v) is 12.2. The van der Waals surface area contributed by atoms with Crippen LogP contribution in [-0.4, -0.2) is 14.5 Å². The molecule has 0 N–H and O–H groups in total. The van der Waals surface area contributed by atoms with Gasteiger partial charge in [0.1, 0.15) is 0 Å². The van der Waals surface area contributed by atoms with Crippen molar-refractivity contribution in [3.8, 4) is 27.9 Å². The van der Waals surface area contributed by atoms with Crippen LogP contribution in [0.5, 0.6) is 0 Å². The van der Waals surface area contributed by atoms with Gasteiger partial charge >= 0.3 is 0 Å². The lowest BCUT2D eigenvalue weighted by molar-refractivity contribution is 1.20. The number of hydrogen-bond acceptors (Lipinski definition) is 2. The highest BCUT2D eigenvalue weighted by molar-refractivity contribution is 6.23. The number of hydrogen-bond donors (Lipinski definition) is 0. The molecule has 0 saturated heterocycles. The third kappa shape index (κ3) is 3.87. The molecule has 0 bridgehead atoms. The standard InChI is InChI=1S/C44H27N3/c1-2-14-33-28(10-1)11-9-19-40(33)47-41-18-8-7-16-35(41)39-27-30(21-23-42(39)47)32-13-4-3-12-31(32)29-20-22-37-38(26-29)34-15-5-6-17-36(34)43-44(37)46-25-24-45-43/h1-27H. The molecule has 0 aliphatic rings. The molecule has 0 spiro atoms. The minimum Gasteiger partial charge on any atom is -0.309 e. The minimum atomic E-state index is 0.939. The van der Waals surface area contributed by atoms with Gasteiger partial charge in [-0.25, -0.2) is 0 Å². The van der Waals surface area contributed by atoms with E-state index in [1.807, 2.05) is 0 Å². The predicted octanol–water partition coefficient (Wildman–Crippen LogP) is 11.5. The molecule has 0 unspecified atom stereocenters. The van der Waals surface area contributed by atoms with Gasteiger partial charge in [0.15, 0.2) is 0 Å². The van der Waals surface area contributed by atoms with Crippen LogP contribution in [0.15, 0.2) is 164 Å². The van der Waals surface area contributed by atoms with Crippen molar-refractivity contribution in [3.63, 3.8) is 0 Å². The highest BCUT2D eigenvalue weighted by Crippen LogP contribution is 2.41. The van der Waals surface area contributed by atoms with Gasteiger partial charge in [0.05, 0.1) is 27.8 Å². The first kappa shape index (κ1) is 26.0. The molecular formula is C44H27N3. The van der Waals surface area contributed by atoms with E-state index in [4.69, 9.17) is 9.97 Å². The van der Waals surface area contributed by atoms with Crippen LogP contribution in [-0.2, 0) is 0 Å². The lowest BCUT2D eigenvalue weighted by Crippen LogP contribution is -1.95. The zero-order valence-electron chi connectivity index (χ0n) is 25.4. The van der Waals surface area contributed by atoms with Crippen molar-refractivity contribution in [2.75, 3.05) is 0 Å². The third-order valence-electron chi connectivity index (χ3n) is 9.67. The summed E-state index contributed by atoms with van der Waals surface area (Å²) in [4.78, 5) is 9.47. The third-order valence-corrected chi connectivity index (χ3v) is 9.67. The molecule has 3 nitrogen and oxygen atoms in total. The lowest BCUT2D eigenvalue weighted by Gasteiger charge is -2.14. The van der Waals surface area contributed by atoms with E-state index in [1.165, 1.54) is 71.3 Å². The van der Waals surface area contributed by atoms with Crippen molar-refractivity contribution < 1.29 is 0 Å². The summed E-state index contributed by atoms with van der Waals surface area (Å²) >= 11 is 0. The van der Waals surface area contributed by atoms with Gasteiger partial charge in [-0.2, -0.15) is 0 Å². The molecule has 2 heterocycles. The molecule has 0 atom stereocenters. The second-order valence-electron chi connectivity index (χ2n) is 12.2. The maximum absolute atomic E-state index is 4.76. The Morgan fingerprint density at radius 2 is 0.915 bits per heavy atom. The number of benzene rings is 8. The number of para-hydroxylation sites is 1. The molecule has 2 aromatic heterocycles. The van der Waals surface area contributed by atoms with Crippen molar-refractivity contribution in [1.82, 2.24) is 14.5 Å².